The molecule has 0 aromatic heterocycles. The minimum Gasteiger partial charge on any atom is -0.353 e. The number of hydrogen-bond donors (Lipinski definition) is 2. The van der Waals surface area contributed by atoms with Gasteiger partial charge in [-0.25, -0.2) is 0 Å². The number of hydrogen-bond acceptors (Lipinski definition) is 2. The van der Waals surface area contributed by atoms with Gasteiger partial charge in [0.2, 0.25) is 5.91 Å². The highest BCUT2D eigenvalue weighted by Crippen LogP contribution is 2.11. The molecule has 88 valence electrons. The zero-order chi connectivity index (χ0) is 11.1. The van der Waals surface area contributed by atoms with Crippen molar-refractivity contribution in [3.8, 4) is 0 Å². The molecular weight excluding hydrogens is 188 g/mol. The molecule has 0 saturated carbocycles. The summed E-state index contributed by atoms with van der Waals surface area (Å²) in [5.74, 6) is 0.451. The fourth-order valence-electron chi connectivity index (χ4n) is 2.12. The second kappa shape index (κ2) is 6.83. The molecule has 1 saturated heterocycles. The molecule has 0 radical (unpaired) electrons. The highest BCUT2D eigenvalue weighted by molar-refractivity contribution is 5.79. The molecule has 1 heterocycles. The van der Waals surface area contributed by atoms with Gasteiger partial charge in [-0.3, -0.25) is 4.79 Å². The first-order chi connectivity index (χ1) is 7.27. The van der Waals surface area contributed by atoms with Crippen LogP contribution in [-0.4, -0.2) is 25.0 Å². The van der Waals surface area contributed by atoms with E-state index in [1.165, 1.54) is 0 Å². The predicted molar refractivity (Wildman–Crippen MR) is 62.7 cm³/mol. The second-order valence-corrected chi connectivity index (χ2v) is 4.45. The third-order valence-corrected chi connectivity index (χ3v) is 3.14. The topological polar surface area (TPSA) is 41.1 Å². The van der Waals surface area contributed by atoms with E-state index in [4.69, 9.17) is 0 Å². The minimum absolute atomic E-state index is 0.199. The van der Waals surface area contributed by atoms with Crippen molar-refractivity contribution >= 4 is 5.91 Å². The van der Waals surface area contributed by atoms with E-state index >= 15 is 0 Å². The summed E-state index contributed by atoms with van der Waals surface area (Å²) in [6.45, 7) is 6.22. The van der Waals surface area contributed by atoms with Gasteiger partial charge in [0.25, 0.3) is 0 Å². The van der Waals surface area contributed by atoms with E-state index in [1.807, 2.05) is 0 Å². The number of carbonyl (C=O) groups is 1. The van der Waals surface area contributed by atoms with Crippen molar-refractivity contribution in [2.45, 2.75) is 52.0 Å². The van der Waals surface area contributed by atoms with Crippen LogP contribution in [0.3, 0.4) is 0 Å². The third-order valence-electron chi connectivity index (χ3n) is 3.14. The second-order valence-electron chi connectivity index (χ2n) is 4.45. The van der Waals surface area contributed by atoms with Gasteiger partial charge < -0.3 is 10.6 Å². The van der Waals surface area contributed by atoms with Gasteiger partial charge >= 0.3 is 0 Å². The predicted octanol–water partition coefficient (Wildman–Crippen LogP) is 1.68. The average Bonchev–Trinajstić information content (AvgIpc) is 2.29. The maximum absolute atomic E-state index is 11.9. The van der Waals surface area contributed by atoms with Gasteiger partial charge in [0.1, 0.15) is 0 Å². The number of piperidine rings is 1. The lowest BCUT2D eigenvalue weighted by molar-refractivity contribution is -0.126. The molecule has 15 heavy (non-hydrogen) atoms. The molecule has 2 N–H and O–H groups in total. The molecule has 2 atom stereocenters. The summed E-state index contributed by atoms with van der Waals surface area (Å²) >= 11 is 0. The molecule has 0 aromatic carbocycles. The Kier molecular flexibility index (Phi) is 5.69. The summed E-state index contributed by atoms with van der Waals surface area (Å²) in [4.78, 5) is 11.9. The van der Waals surface area contributed by atoms with Crippen LogP contribution in [0.1, 0.15) is 46.0 Å². The van der Waals surface area contributed by atoms with E-state index in [0.717, 1.165) is 45.2 Å². The monoisotopic (exact) mass is 212 g/mol. The Morgan fingerprint density at radius 2 is 2.33 bits per heavy atom. The normalized spacial score (nSPS) is 23.5. The first-order valence-corrected chi connectivity index (χ1v) is 6.29. The van der Waals surface area contributed by atoms with E-state index in [1.54, 1.807) is 0 Å². The van der Waals surface area contributed by atoms with Crippen LogP contribution in [0.2, 0.25) is 0 Å². The Hall–Kier alpha value is -0.570. The van der Waals surface area contributed by atoms with Crippen molar-refractivity contribution in [1.82, 2.24) is 10.6 Å². The summed E-state index contributed by atoms with van der Waals surface area (Å²) in [5, 5.41) is 6.44. The maximum Gasteiger partial charge on any atom is 0.224 e. The summed E-state index contributed by atoms with van der Waals surface area (Å²) in [6.07, 6.45) is 5.45. The van der Waals surface area contributed by atoms with E-state index in [9.17, 15) is 4.79 Å². The van der Waals surface area contributed by atoms with Crippen molar-refractivity contribution in [1.29, 1.82) is 0 Å². The lowest BCUT2D eigenvalue weighted by Gasteiger charge is -2.24. The Morgan fingerprint density at radius 1 is 1.53 bits per heavy atom. The molecule has 1 aliphatic heterocycles. The smallest absolute Gasteiger partial charge is 0.224 e. The largest absolute Gasteiger partial charge is 0.353 e. The Labute approximate surface area is 93.0 Å². The summed E-state index contributed by atoms with van der Waals surface area (Å²) in [7, 11) is 0. The maximum atomic E-state index is 11.9. The highest BCUT2D eigenvalue weighted by atomic mass is 16.1. The molecule has 1 amide bonds. The fourth-order valence-corrected chi connectivity index (χ4v) is 2.12. The molecular formula is C12H24N2O. The number of nitrogens with one attached hydrogen (secondary N) is 2. The fraction of sp³-hybridized carbons (Fsp3) is 0.917. The van der Waals surface area contributed by atoms with Crippen LogP contribution >= 0.6 is 0 Å². The molecule has 1 unspecified atom stereocenters. The molecule has 1 aliphatic rings. The van der Waals surface area contributed by atoms with Crippen molar-refractivity contribution in [3.05, 3.63) is 0 Å². The molecule has 0 spiro atoms. The van der Waals surface area contributed by atoms with Crippen molar-refractivity contribution < 1.29 is 4.79 Å². The first-order valence-electron chi connectivity index (χ1n) is 6.29. The Bertz CT molecular complexity index is 188. The van der Waals surface area contributed by atoms with Gasteiger partial charge in [-0.05, 0) is 32.2 Å². The molecule has 3 nitrogen and oxygen atoms in total. The highest BCUT2D eigenvalue weighted by Gasteiger charge is 2.22. The molecule has 0 aliphatic carbocycles. The van der Waals surface area contributed by atoms with Crippen LogP contribution in [0.4, 0.5) is 0 Å². The van der Waals surface area contributed by atoms with Crippen molar-refractivity contribution in [2.24, 2.45) is 5.92 Å². The minimum atomic E-state index is 0.199. The van der Waals surface area contributed by atoms with Gasteiger partial charge in [-0.1, -0.05) is 20.3 Å². The zero-order valence-corrected chi connectivity index (χ0v) is 10.0. The van der Waals surface area contributed by atoms with Crippen molar-refractivity contribution in [2.75, 3.05) is 13.1 Å². The first kappa shape index (κ1) is 12.5. The van der Waals surface area contributed by atoms with Crippen LogP contribution in [-0.2, 0) is 4.79 Å². The van der Waals surface area contributed by atoms with Gasteiger partial charge in [-0.15, -0.1) is 0 Å². The molecule has 0 aromatic rings. The molecule has 1 fully saturated rings. The molecule has 3 heteroatoms. The SMILES string of the molecule is CCCC(CC)NC(=O)[C@@H]1CCCNC1. The van der Waals surface area contributed by atoms with Crippen LogP contribution in [0, 0.1) is 5.92 Å². The van der Waals surface area contributed by atoms with Crippen LogP contribution < -0.4 is 10.6 Å². The lowest BCUT2D eigenvalue weighted by atomic mass is 9.98. The average molecular weight is 212 g/mol. The Balaban J connectivity index is 2.31. The van der Waals surface area contributed by atoms with E-state index in [0.29, 0.717) is 6.04 Å². The summed E-state index contributed by atoms with van der Waals surface area (Å²) in [5.41, 5.74) is 0. The van der Waals surface area contributed by atoms with Gasteiger partial charge in [0.15, 0.2) is 0 Å². The van der Waals surface area contributed by atoms with Gasteiger partial charge in [-0.2, -0.15) is 0 Å². The van der Waals surface area contributed by atoms with Gasteiger partial charge in [0.05, 0.1) is 5.92 Å². The lowest BCUT2D eigenvalue weighted by Crippen LogP contribution is -2.44. The third kappa shape index (κ3) is 4.20. The van der Waals surface area contributed by atoms with Gasteiger partial charge in [0, 0.05) is 12.6 Å². The van der Waals surface area contributed by atoms with E-state index in [2.05, 4.69) is 24.5 Å². The summed E-state index contributed by atoms with van der Waals surface area (Å²) in [6, 6.07) is 0.379. The number of amides is 1. The van der Waals surface area contributed by atoms with Crippen molar-refractivity contribution in [3.63, 3.8) is 0 Å². The molecule has 1 rings (SSSR count). The van der Waals surface area contributed by atoms with Crippen LogP contribution in [0.15, 0.2) is 0 Å². The standard InChI is InChI=1S/C12H24N2O/c1-3-6-11(4-2)14-12(15)10-7-5-8-13-9-10/h10-11,13H,3-9H2,1-2H3,(H,14,15)/t10-,11?/m1/s1. The quantitative estimate of drug-likeness (QED) is 0.728. The summed E-state index contributed by atoms with van der Waals surface area (Å²) < 4.78 is 0. The zero-order valence-electron chi connectivity index (χ0n) is 10.0. The molecule has 0 bridgehead atoms. The van der Waals surface area contributed by atoms with E-state index in [-0.39, 0.29) is 11.8 Å². The van der Waals surface area contributed by atoms with E-state index < -0.39 is 0 Å². The number of carbonyl (C=O) groups excluding carboxylic acids is 1. The number of rotatable bonds is 5. The van der Waals surface area contributed by atoms with Crippen LogP contribution in [0.5, 0.6) is 0 Å². The Morgan fingerprint density at radius 3 is 2.87 bits per heavy atom. The van der Waals surface area contributed by atoms with Crippen LogP contribution in [0.25, 0.3) is 0 Å².